The van der Waals surface area contributed by atoms with E-state index in [1.54, 1.807) is 4.90 Å². The zero-order valence-corrected chi connectivity index (χ0v) is 13.7. The van der Waals surface area contributed by atoms with Crippen LogP contribution in [0.3, 0.4) is 0 Å². The van der Waals surface area contributed by atoms with Crippen LogP contribution in [0.4, 0.5) is 0 Å². The second-order valence-electron chi connectivity index (χ2n) is 5.35. The molecule has 0 saturated carbocycles. The van der Waals surface area contributed by atoms with Crippen molar-refractivity contribution in [2.75, 3.05) is 33.7 Å². The number of nitrogens with zero attached hydrogens (tertiary/aromatic N) is 2. The normalized spacial score (nSPS) is 19.2. The molecular weight excluding hydrogens is 318 g/mol. The summed E-state index contributed by atoms with van der Waals surface area (Å²) in [6.07, 6.45) is 1.12. The van der Waals surface area contributed by atoms with E-state index in [1.165, 1.54) is 0 Å². The van der Waals surface area contributed by atoms with E-state index in [1.807, 2.05) is 38.4 Å². The van der Waals surface area contributed by atoms with E-state index < -0.39 is 0 Å². The molecule has 110 valence electrons. The van der Waals surface area contributed by atoms with Gasteiger partial charge in [0.15, 0.2) is 0 Å². The van der Waals surface area contributed by atoms with Gasteiger partial charge >= 0.3 is 0 Å². The van der Waals surface area contributed by atoms with Crippen molar-refractivity contribution in [2.45, 2.75) is 19.0 Å². The smallest absolute Gasteiger partial charge is 0.236 e. The first-order valence-corrected chi connectivity index (χ1v) is 7.76. The molecule has 1 fully saturated rings. The summed E-state index contributed by atoms with van der Waals surface area (Å²) in [6, 6.07) is 8.55. The summed E-state index contributed by atoms with van der Waals surface area (Å²) in [4.78, 5) is 16.3. The standard InChI is InChI=1S/C15H22BrN3O/c1-17-13-7-8-19(10-13)11-15(20)18(2)9-12-5-3-4-6-14(12)16/h3-6,13,17H,7-11H2,1-2H3. The number of likely N-dealkylation sites (tertiary alicyclic amines) is 1. The van der Waals surface area contributed by atoms with Gasteiger partial charge in [0.2, 0.25) is 5.91 Å². The lowest BCUT2D eigenvalue weighted by atomic mass is 10.2. The molecule has 20 heavy (non-hydrogen) atoms. The average molecular weight is 340 g/mol. The van der Waals surface area contributed by atoms with Gasteiger partial charge in [-0.05, 0) is 25.1 Å². The van der Waals surface area contributed by atoms with Gasteiger partial charge in [0, 0.05) is 37.2 Å². The van der Waals surface area contributed by atoms with Crippen LogP contribution < -0.4 is 5.32 Å². The van der Waals surface area contributed by atoms with Gasteiger partial charge in [0.05, 0.1) is 6.54 Å². The SMILES string of the molecule is CNC1CCN(CC(=O)N(C)Cc2ccccc2Br)C1. The highest BCUT2D eigenvalue weighted by molar-refractivity contribution is 9.10. The number of nitrogens with one attached hydrogen (secondary N) is 1. The van der Waals surface area contributed by atoms with Gasteiger partial charge in [-0.1, -0.05) is 34.1 Å². The molecule has 1 aliphatic heterocycles. The van der Waals surface area contributed by atoms with Crippen LogP contribution in [-0.4, -0.2) is 55.5 Å². The zero-order valence-electron chi connectivity index (χ0n) is 12.1. The molecule has 1 atom stereocenters. The van der Waals surface area contributed by atoms with E-state index in [0.29, 0.717) is 19.1 Å². The minimum atomic E-state index is 0.178. The minimum absolute atomic E-state index is 0.178. The summed E-state index contributed by atoms with van der Waals surface area (Å²) in [7, 11) is 3.85. The van der Waals surface area contributed by atoms with Crippen LogP contribution in [0.5, 0.6) is 0 Å². The number of carbonyl (C=O) groups excluding carboxylic acids is 1. The van der Waals surface area contributed by atoms with E-state index in [0.717, 1.165) is 29.5 Å². The molecular formula is C15H22BrN3O. The molecule has 0 radical (unpaired) electrons. The number of likely N-dealkylation sites (N-methyl/N-ethyl adjacent to an activating group) is 2. The first-order chi connectivity index (χ1) is 9.60. The summed E-state index contributed by atoms with van der Waals surface area (Å²) in [5.41, 5.74) is 1.14. The number of hydrogen-bond donors (Lipinski definition) is 1. The Labute approximate surface area is 129 Å². The molecule has 1 aromatic rings. The van der Waals surface area contributed by atoms with Gasteiger partial charge in [-0.15, -0.1) is 0 Å². The summed E-state index contributed by atoms with van der Waals surface area (Å²) < 4.78 is 1.05. The third-order valence-corrected chi connectivity index (χ3v) is 4.60. The van der Waals surface area contributed by atoms with E-state index in [4.69, 9.17) is 0 Å². The maximum absolute atomic E-state index is 12.3. The van der Waals surface area contributed by atoms with E-state index in [-0.39, 0.29) is 5.91 Å². The van der Waals surface area contributed by atoms with Crippen molar-refractivity contribution in [1.82, 2.24) is 15.1 Å². The van der Waals surface area contributed by atoms with Crippen molar-refractivity contribution < 1.29 is 4.79 Å². The third-order valence-electron chi connectivity index (χ3n) is 3.83. The summed E-state index contributed by atoms with van der Waals surface area (Å²) in [6.45, 7) is 3.12. The van der Waals surface area contributed by atoms with Gasteiger partial charge in [0.25, 0.3) is 0 Å². The molecule has 4 nitrogen and oxygen atoms in total. The fraction of sp³-hybridized carbons (Fsp3) is 0.533. The van der Waals surface area contributed by atoms with Crippen LogP contribution in [0.15, 0.2) is 28.7 Å². The number of hydrogen-bond acceptors (Lipinski definition) is 3. The van der Waals surface area contributed by atoms with Gasteiger partial charge < -0.3 is 10.2 Å². The number of rotatable bonds is 5. The predicted molar refractivity (Wildman–Crippen MR) is 84.5 cm³/mol. The van der Waals surface area contributed by atoms with E-state index >= 15 is 0 Å². The Hall–Kier alpha value is -0.910. The summed E-state index contributed by atoms with van der Waals surface area (Å²) in [5, 5.41) is 3.27. The fourth-order valence-corrected chi connectivity index (χ4v) is 2.90. The highest BCUT2D eigenvalue weighted by Crippen LogP contribution is 2.17. The zero-order chi connectivity index (χ0) is 14.5. The molecule has 2 rings (SSSR count). The molecule has 5 heteroatoms. The Bertz CT molecular complexity index is 466. The van der Waals surface area contributed by atoms with E-state index in [9.17, 15) is 4.79 Å². The molecule has 0 spiro atoms. The molecule has 1 aliphatic rings. The predicted octanol–water partition coefficient (Wildman–Crippen LogP) is 1.70. The highest BCUT2D eigenvalue weighted by Gasteiger charge is 2.23. The van der Waals surface area contributed by atoms with Crippen LogP contribution >= 0.6 is 15.9 Å². The molecule has 1 saturated heterocycles. The van der Waals surface area contributed by atoms with Crippen LogP contribution in [0, 0.1) is 0 Å². The lowest BCUT2D eigenvalue weighted by molar-refractivity contribution is -0.131. The third kappa shape index (κ3) is 4.04. The maximum atomic E-state index is 12.3. The first kappa shape index (κ1) is 15.5. The quantitative estimate of drug-likeness (QED) is 0.886. The molecule has 1 unspecified atom stereocenters. The fourth-order valence-electron chi connectivity index (χ4n) is 2.49. The van der Waals surface area contributed by atoms with Crippen molar-refractivity contribution >= 4 is 21.8 Å². The number of benzene rings is 1. The van der Waals surface area contributed by atoms with Gasteiger partial charge in [-0.2, -0.15) is 0 Å². The van der Waals surface area contributed by atoms with Crippen molar-refractivity contribution in [1.29, 1.82) is 0 Å². The Morgan fingerprint density at radius 3 is 2.90 bits per heavy atom. The maximum Gasteiger partial charge on any atom is 0.236 e. The second-order valence-corrected chi connectivity index (χ2v) is 6.20. The van der Waals surface area contributed by atoms with Crippen LogP contribution in [0.25, 0.3) is 0 Å². The Morgan fingerprint density at radius 1 is 1.50 bits per heavy atom. The van der Waals surface area contributed by atoms with Crippen LogP contribution in [-0.2, 0) is 11.3 Å². The highest BCUT2D eigenvalue weighted by atomic mass is 79.9. The Kier molecular flexibility index (Phi) is 5.57. The molecule has 1 amide bonds. The van der Waals surface area contributed by atoms with Gasteiger partial charge in [-0.3, -0.25) is 9.69 Å². The lowest BCUT2D eigenvalue weighted by Gasteiger charge is -2.22. The van der Waals surface area contributed by atoms with Crippen molar-refractivity contribution in [3.8, 4) is 0 Å². The largest absolute Gasteiger partial charge is 0.340 e. The van der Waals surface area contributed by atoms with Crippen molar-refractivity contribution in [2.24, 2.45) is 0 Å². The number of carbonyl (C=O) groups is 1. The number of halogens is 1. The van der Waals surface area contributed by atoms with Crippen molar-refractivity contribution in [3.05, 3.63) is 34.3 Å². The topological polar surface area (TPSA) is 35.6 Å². The first-order valence-electron chi connectivity index (χ1n) is 6.97. The molecule has 0 bridgehead atoms. The minimum Gasteiger partial charge on any atom is -0.340 e. The summed E-state index contributed by atoms with van der Waals surface area (Å²) >= 11 is 3.52. The monoisotopic (exact) mass is 339 g/mol. The van der Waals surface area contributed by atoms with Gasteiger partial charge in [0.1, 0.15) is 0 Å². The summed E-state index contributed by atoms with van der Waals surface area (Å²) in [5.74, 6) is 0.178. The van der Waals surface area contributed by atoms with Gasteiger partial charge in [-0.25, -0.2) is 0 Å². The van der Waals surface area contributed by atoms with Crippen molar-refractivity contribution in [3.63, 3.8) is 0 Å². The molecule has 0 aromatic heterocycles. The van der Waals surface area contributed by atoms with Crippen LogP contribution in [0.1, 0.15) is 12.0 Å². The molecule has 1 N–H and O–H groups in total. The molecule has 1 aromatic carbocycles. The molecule has 0 aliphatic carbocycles. The lowest BCUT2D eigenvalue weighted by Crippen LogP contribution is -2.38. The van der Waals surface area contributed by atoms with Crippen LogP contribution in [0.2, 0.25) is 0 Å². The second kappa shape index (κ2) is 7.20. The molecule has 1 heterocycles. The Morgan fingerprint density at radius 2 is 2.25 bits per heavy atom. The van der Waals surface area contributed by atoms with E-state index in [2.05, 4.69) is 26.1 Å². The average Bonchev–Trinajstić information content (AvgIpc) is 2.89. The Balaban J connectivity index is 1.85. The number of amides is 1.